The summed E-state index contributed by atoms with van der Waals surface area (Å²) in [7, 11) is 0. The molecule has 2 amide bonds. The average molecular weight is 674 g/mol. The number of anilines is 2. The number of carbonyl (C=O) groups excluding carboxylic acids is 2. The van der Waals surface area contributed by atoms with Crippen LogP contribution in [0.25, 0.3) is 11.1 Å². The Bertz CT molecular complexity index is 1830. The maximum Gasteiger partial charge on any atom is 0.255 e. The summed E-state index contributed by atoms with van der Waals surface area (Å²) in [5.41, 5.74) is 6.44. The molecule has 0 aliphatic carbocycles. The lowest BCUT2D eigenvalue weighted by molar-refractivity contribution is 0.101. The summed E-state index contributed by atoms with van der Waals surface area (Å²) in [6.45, 7) is 0. The first kappa shape index (κ1) is 32.4. The number of nitrogens with one attached hydrogen (secondary N) is 2. The molecule has 6 nitrogen and oxygen atoms in total. The Morgan fingerprint density at radius 3 is 1.00 bits per heavy atom. The third-order valence-corrected chi connectivity index (χ3v) is 8.10. The van der Waals surface area contributed by atoms with Crippen LogP contribution in [0.15, 0.2) is 146 Å². The van der Waals surface area contributed by atoms with Gasteiger partial charge in [0, 0.05) is 34.3 Å². The fourth-order valence-corrected chi connectivity index (χ4v) is 5.17. The van der Waals surface area contributed by atoms with Crippen LogP contribution in [-0.4, -0.2) is 11.8 Å². The molecule has 0 spiro atoms. The lowest BCUT2D eigenvalue weighted by Crippen LogP contribution is -2.11. The van der Waals surface area contributed by atoms with Gasteiger partial charge < -0.3 is 20.1 Å². The third kappa shape index (κ3) is 8.42. The molecule has 0 radical (unpaired) electrons. The molecule has 0 fully saturated rings. The fraction of sp³-hybridized carbons (Fsp3) is 0.0500. The van der Waals surface area contributed by atoms with E-state index >= 15 is 0 Å². The van der Waals surface area contributed by atoms with Gasteiger partial charge in [-0.25, -0.2) is 0 Å². The van der Waals surface area contributed by atoms with Crippen molar-refractivity contribution in [1.29, 1.82) is 0 Å². The highest BCUT2D eigenvalue weighted by Crippen LogP contribution is 2.30. The molecule has 0 aliphatic rings. The van der Waals surface area contributed by atoms with E-state index in [0.29, 0.717) is 57.3 Å². The normalized spacial score (nSPS) is 10.6. The second kappa shape index (κ2) is 15.4. The van der Waals surface area contributed by atoms with Crippen LogP contribution in [0.3, 0.4) is 0 Å². The predicted octanol–water partition coefficient (Wildman–Crippen LogP) is 10.9. The van der Waals surface area contributed by atoms with Crippen molar-refractivity contribution in [3.05, 3.63) is 168 Å². The first-order valence-corrected chi connectivity index (χ1v) is 16.2. The summed E-state index contributed by atoms with van der Waals surface area (Å²) in [6, 6.07) is 44.5. The van der Waals surface area contributed by atoms with Gasteiger partial charge in [-0.3, -0.25) is 9.59 Å². The van der Waals surface area contributed by atoms with Gasteiger partial charge in [0.1, 0.15) is 23.0 Å². The van der Waals surface area contributed by atoms with Crippen molar-refractivity contribution >= 4 is 46.4 Å². The van der Waals surface area contributed by atoms with E-state index in [1.54, 1.807) is 48.5 Å². The number of hydrogen-bond donors (Lipinski definition) is 2. The molecule has 0 atom stereocenters. The highest BCUT2D eigenvalue weighted by Gasteiger charge is 2.09. The molecule has 238 valence electrons. The first-order chi connectivity index (χ1) is 23.4. The lowest BCUT2D eigenvalue weighted by atomic mass is 10.1. The predicted molar refractivity (Wildman–Crippen MR) is 193 cm³/mol. The summed E-state index contributed by atoms with van der Waals surface area (Å²) < 4.78 is 12.0. The SMILES string of the molecule is O=C(Nc1ccc(Oc2ccc(-c3ccc(Oc4ccc(NC(=O)c5ccc(CCl)cc5)cc4)cc3)cc2)cc1)c1ccc(CCl)cc1. The van der Waals surface area contributed by atoms with Crippen LogP contribution in [0.4, 0.5) is 11.4 Å². The topological polar surface area (TPSA) is 76.7 Å². The molecule has 0 unspecified atom stereocenters. The van der Waals surface area contributed by atoms with Crippen molar-refractivity contribution < 1.29 is 19.1 Å². The lowest BCUT2D eigenvalue weighted by Gasteiger charge is -2.10. The molecule has 48 heavy (non-hydrogen) atoms. The summed E-state index contributed by atoms with van der Waals surface area (Å²) >= 11 is 11.7. The van der Waals surface area contributed by atoms with E-state index < -0.39 is 0 Å². The van der Waals surface area contributed by atoms with Gasteiger partial charge >= 0.3 is 0 Å². The van der Waals surface area contributed by atoms with E-state index in [2.05, 4.69) is 10.6 Å². The van der Waals surface area contributed by atoms with Crippen LogP contribution >= 0.6 is 23.2 Å². The Labute approximate surface area is 288 Å². The van der Waals surface area contributed by atoms with E-state index in [4.69, 9.17) is 32.7 Å². The number of carbonyl (C=O) groups is 2. The third-order valence-electron chi connectivity index (χ3n) is 7.48. The Hall–Kier alpha value is -5.56. The molecule has 2 N–H and O–H groups in total. The summed E-state index contributed by atoms with van der Waals surface area (Å²) in [4.78, 5) is 25.1. The maximum atomic E-state index is 12.5. The molecule has 0 aromatic heterocycles. The van der Waals surface area contributed by atoms with Crippen molar-refractivity contribution in [2.45, 2.75) is 11.8 Å². The number of alkyl halides is 2. The van der Waals surface area contributed by atoms with Gasteiger partial charge in [-0.1, -0.05) is 48.5 Å². The molecule has 0 aliphatic heterocycles. The number of benzene rings is 6. The Balaban J connectivity index is 0.995. The van der Waals surface area contributed by atoms with E-state index in [9.17, 15) is 9.59 Å². The average Bonchev–Trinajstić information content (AvgIpc) is 3.14. The molecular formula is C40H30Cl2N2O4. The molecule has 6 rings (SSSR count). The minimum Gasteiger partial charge on any atom is -0.457 e. The van der Waals surface area contributed by atoms with Gasteiger partial charge in [-0.05, 0) is 119 Å². The van der Waals surface area contributed by atoms with Crippen LogP contribution in [0.1, 0.15) is 31.8 Å². The highest BCUT2D eigenvalue weighted by molar-refractivity contribution is 6.17. The molecule has 0 heterocycles. The van der Waals surface area contributed by atoms with Crippen LogP contribution in [0.2, 0.25) is 0 Å². The van der Waals surface area contributed by atoms with Crippen LogP contribution in [0, 0.1) is 0 Å². The Kier molecular flexibility index (Phi) is 10.4. The van der Waals surface area contributed by atoms with Crippen molar-refractivity contribution in [2.75, 3.05) is 10.6 Å². The minimum absolute atomic E-state index is 0.192. The van der Waals surface area contributed by atoms with E-state index in [-0.39, 0.29) is 11.8 Å². The molecule has 6 aromatic carbocycles. The number of amides is 2. The second-order valence-electron chi connectivity index (χ2n) is 10.9. The van der Waals surface area contributed by atoms with Gasteiger partial charge in [0.2, 0.25) is 0 Å². The Morgan fingerprint density at radius 1 is 0.417 bits per heavy atom. The number of rotatable bonds is 11. The zero-order valence-corrected chi connectivity index (χ0v) is 27.2. The molecule has 0 saturated heterocycles. The quantitative estimate of drug-likeness (QED) is 0.134. The zero-order chi connectivity index (χ0) is 33.3. The van der Waals surface area contributed by atoms with E-state index in [1.807, 2.05) is 97.1 Å². The second-order valence-corrected chi connectivity index (χ2v) is 11.4. The molecule has 0 saturated carbocycles. The van der Waals surface area contributed by atoms with Crippen molar-refractivity contribution in [2.24, 2.45) is 0 Å². The van der Waals surface area contributed by atoms with Gasteiger partial charge in [0.05, 0.1) is 0 Å². The zero-order valence-electron chi connectivity index (χ0n) is 25.7. The number of hydrogen-bond acceptors (Lipinski definition) is 4. The van der Waals surface area contributed by atoms with Gasteiger partial charge in [0.25, 0.3) is 11.8 Å². The molecular weight excluding hydrogens is 643 g/mol. The van der Waals surface area contributed by atoms with Gasteiger partial charge in [-0.15, -0.1) is 23.2 Å². The monoisotopic (exact) mass is 672 g/mol. The molecule has 0 bridgehead atoms. The minimum atomic E-state index is -0.192. The van der Waals surface area contributed by atoms with Crippen molar-refractivity contribution in [3.63, 3.8) is 0 Å². The van der Waals surface area contributed by atoms with Crippen molar-refractivity contribution in [1.82, 2.24) is 0 Å². The number of ether oxygens (including phenoxy) is 2. The largest absolute Gasteiger partial charge is 0.457 e. The maximum absolute atomic E-state index is 12.5. The fourth-order valence-electron chi connectivity index (χ4n) is 4.81. The Morgan fingerprint density at radius 2 is 0.708 bits per heavy atom. The first-order valence-electron chi connectivity index (χ1n) is 15.1. The van der Waals surface area contributed by atoms with Crippen LogP contribution in [0.5, 0.6) is 23.0 Å². The van der Waals surface area contributed by atoms with Crippen molar-refractivity contribution in [3.8, 4) is 34.1 Å². The smallest absolute Gasteiger partial charge is 0.255 e. The summed E-state index contributed by atoms with van der Waals surface area (Å²) in [5.74, 6) is 3.12. The van der Waals surface area contributed by atoms with E-state index in [1.165, 1.54) is 0 Å². The summed E-state index contributed by atoms with van der Waals surface area (Å²) in [5, 5.41) is 5.79. The van der Waals surface area contributed by atoms with Crippen LogP contribution in [-0.2, 0) is 11.8 Å². The van der Waals surface area contributed by atoms with Crippen LogP contribution < -0.4 is 20.1 Å². The van der Waals surface area contributed by atoms with E-state index in [0.717, 1.165) is 22.3 Å². The van der Waals surface area contributed by atoms with Gasteiger partial charge in [0.15, 0.2) is 0 Å². The molecule has 8 heteroatoms. The number of halogens is 2. The molecule has 6 aromatic rings. The highest BCUT2D eigenvalue weighted by atomic mass is 35.5. The summed E-state index contributed by atoms with van der Waals surface area (Å²) in [6.07, 6.45) is 0. The van der Waals surface area contributed by atoms with Gasteiger partial charge in [-0.2, -0.15) is 0 Å². The standard InChI is InChI=1S/C40H30Cl2N2O4/c41-25-27-1-5-31(6-2-27)39(45)43-33-13-21-37(22-14-33)47-35-17-9-29(10-18-35)30-11-19-36(20-12-30)48-38-23-15-34(16-24-38)44-40(46)32-7-3-28(26-42)4-8-32/h1-24H,25-26H2,(H,43,45)(H,44,46).